The van der Waals surface area contributed by atoms with Gasteiger partial charge in [-0.3, -0.25) is 14.7 Å². The second-order valence-corrected chi connectivity index (χ2v) is 7.20. The van der Waals surface area contributed by atoms with Crippen molar-refractivity contribution in [1.29, 1.82) is 0 Å². The van der Waals surface area contributed by atoms with E-state index >= 15 is 0 Å². The van der Waals surface area contributed by atoms with Gasteiger partial charge in [-0.1, -0.05) is 30.3 Å². The molecule has 2 aromatic heterocycles. The quantitative estimate of drug-likeness (QED) is 0.453. The highest BCUT2D eigenvalue weighted by Crippen LogP contribution is 2.30. The Bertz CT molecular complexity index is 1080. The Morgan fingerprint density at radius 3 is 2.52 bits per heavy atom. The number of rotatable bonds is 6. The number of hydrogen-bond acceptors (Lipinski definition) is 5. The van der Waals surface area contributed by atoms with Crippen LogP contribution < -0.4 is 9.64 Å². The average molecular weight is 401 g/mol. The van der Waals surface area contributed by atoms with Crippen LogP contribution in [-0.4, -0.2) is 23.0 Å². The van der Waals surface area contributed by atoms with Crippen LogP contribution >= 0.6 is 11.3 Å². The summed E-state index contributed by atoms with van der Waals surface area (Å²) in [4.78, 5) is 23.7. The number of nitrogens with zero attached hydrogens (tertiary/aromatic N) is 3. The topological polar surface area (TPSA) is 55.3 Å². The van der Waals surface area contributed by atoms with Gasteiger partial charge < -0.3 is 4.74 Å². The van der Waals surface area contributed by atoms with E-state index < -0.39 is 0 Å². The number of benzene rings is 2. The summed E-state index contributed by atoms with van der Waals surface area (Å²) in [6, 6.07) is 21.1. The lowest BCUT2D eigenvalue weighted by atomic mass is 10.2. The van der Waals surface area contributed by atoms with Gasteiger partial charge in [-0.05, 0) is 42.0 Å². The molecule has 0 unspecified atom stereocenters. The van der Waals surface area contributed by atoms with Gasteiger partial charge in [0.1, 0.15) is 5.75 Å². The van der Waals surface area contributed by atoms with Crippen LogP contribution in [0.1, 0.15) is 15.9 Å². The lowest BCUT2D eigenvalue weighted by molar-refractivity contribution is 0.0984. The molecule has 0 aliphatic rings. The van der Waals surface area contributed by atoms with Gasteiger partial charge in [-0.25, -0.2) is 4.98 Å². The molecule has 0 aliphatic carbocycles. The number of hydrogen-bond donors (Lipinski definition) is 0. The average Bonchev–Trinajstić information content (AvgIpc) is 3.28. The van der Waals surface area contributed by atoms with Gasteiger partial charge in [0.05, 0.1) is 24.9 Å². The van der Waals surface area contributed by atoms with Crippen LogP contribution in [0.15, 0.2) is 84.5 Å². The molecule has 0 bridgehead atoms. The Kier molecular flexibility index (Phi) is 5.63. The lowest BCUT2D eigenvalue weighted by Gasteiger charge is -2.20. The SMILES string of the molecule is COc1ccc(-c2csc(N(Cc3ccccc3)C(=O)c3cccnc3)n2)cc1. The molecule has 29 heavy (non-hydrogen) atoms. The molecule has 5 nitrogen and oxygen atoms in total. The van der Waals surface area contributed by atoms with Crippen LogP contribution in [0.2, 0.25) is 0 Å². The van der Waals surface area contributed by atoms with Crippen molar-refractivity contribution in [2.45, 2.75) is 6.54 Å². The van der Waals surface area contributed by atoms with E-state index in [-0.39, 0.29) is 5.91 Å². The zero-order valence-electron chi connectivity index (χ0n) is 15.9. The molecular weight excluding hydrogens is 382 g/mol. The van der Waals surface area contributed by atoms with Crippen LogP contribution in [0, 0.1) is 0 Å². The van der Waals surface area contributed by atoms with Gasteiger partial charge in [-0.2, -0.15) is 0 Å². The predicted octanol–water partition coefficient (Wildman–Crippen LogP) is 5.06. The number of methoxy groups -OCH3 is 1. The molecule has 0 fully saturated rings. The first-order valence-corrected chi connectivity index (χ1v) is 9.98. The molecule has 144 valence electrons. The van der Waals surface area contributed by atoms with Gasteiger partial charge in [0.25, 0.3) is 5.91 Å². The van der Waals surface area contributed by atoms with E-state index in [0.717, 1.165) is 22.6 Å². The summed E-state index contributed by atoms with van der Waals surface area (Å²) < 4.78 is 5.22. The first kappa shape index (κ1) is 18.8. The van der Waals surface area contributed by atoms with Crippen molar-refractivity contribution in [3.63, 3.8) is 0 Å². The van der Waals surface area contributed by atoms with E-state index in [1.54, 1.807) is 36.5 Å². The van der Waals surface area contributed by atoms with Crippen LogP contribution in [0.5, 0.6) is 5.75 Å². The summed E-state index contributed by atoms with van der Waals surface area (Å²) in [5.41, 5.74) is 3.36. The molecule has 1 amide bonds. The summed E-state index contributed by atoms with van der Waals surface area (Å²) in [5, 5.41) is 2.61. The first-order valence-electron chi connectivity index (χ1n) is 9.10. The van der Waals surface area contributed by atoms with E-state index in [0.29, 0.717) is 17.2 Å². The summed E-state index contributed by atoms with van der Waals surface area (Å²) in [7, 11) is 1.64. The third-order valence-corrected chi connectivity index (χ3v) is 5.31. The number of amides is 1. The number of ether oxygens (including phenoxy) is 1. The fraction of sp³-hybridized carbons (Fsp3) is 0.0870. The zero-order chi connectivity index (χ0) is 20.1. The first-order chi connectivity index (χ1) is 14.2. The number of thiazole rings is 1. The maximum Gasteiger partial charge on any atom is 0.261 e. The van der Waals surface area contributed by atoms with Gasteiger partial charge in [0.2, 0.25) is 0 Å². The summed E-state index contributed by atoms with van der Waals surface area (Å²) in [6.07, 6.45) is 3.24. The third-order valence-electron chi connectivity index (χ3n) is 4.45. The standard InChI is InChI=1S/C23H19N3O2S/c1-28-20-11-9-18(10-12-20)21-16-29-23(25-21)26(15-17-6-3-2-4-7-17)22(27)19-8-5-13-24-14-19/h2-14,16H,15H2,1H3. The van der Waals surface area contributed by atoms with E-state index in [4.69, 9.17) is 9.72 Å². The number of aromatic nitrogens is 2. The Labute approximate surface area is 173 Å². The molecule has 2 aromatic carbocycles. The summed E-state index contributed by atoms with van der Waals surface area (Å²) >= 11 is 1.45. The smallest absolute Gasteiger partial charge is 0.261 e. The molecule has 6 heteroatoms. The minimum atomic E-state index is -0.127. The third kappa shape index (κ3) is 4.33. The van der Waals surface area contributed by atoms with Crippen molar-refractivity contribution in [2.24, 2.45) is 0 Å². The Morgan fingerprint density at radius 2 is 1.83 bits per heavy atom. The molecule has 0 atom stereocenters. The Balaban J connectivity index is 1.67. The molecule has 0 saturated heterocycles. The molecule has 0 saturated carbocycles. The van der Waals surface area contributed by atoms with E-state index in [9.17, 15) is 4.79 Å². The Hall–Kier alpha value is -3.51. The molecule has 0 spiro atoms. The van der Waals surface area contributed by atoms with E-state index in [1.165, 1.54) is 11.3 Å². The Morgan fingerprint density at radius 1 is 1.03 bits per heavy atom. The van der Waals surface area contributed by atoms with E-state index in [2.05, 4.69) is 4.98 Å². The predicted molar refractivity (Wildman–Crippen MR) is 115 cm³/mol. The second-order valence-electron chi connectivity index (χ2n) is 6.36. The normalized spacial score (nSPS) is 10.5. The van der Waals surface area contributed by atoms with Crippen molar-refractivity contribution in [3.8, 4) is 17.0 Å². The highest BCUT2D eigenvalue weighted by molar-refractivity contribution is 7.14. The van der Waals surface area contributed by atoms with Gasteiger partial charge in [-0.15, -0.1) is 11.3 Å². The van der Waals surface area contributed by atoms with E-state index in [1.807, 2.05) is 60.0 Å². The van der Waals surface area contributed by atoms with Crippen molar-refractivity contribution in [3.05, 3.63) is 95.6 Å². The highest BCUT2D eigenvalue weighted by atomic mass is 32.1. The lowest BCUT2D eigenvalue weighted by Crippen LogP contribution is -2.30. The molecule has 2 heterocycles. The fourth-order valence-electron chi connectivity index (χ4n) is 2.92. The minimum Gasteiger partial charge on any atom is -0.497 e. The zero-order valence-corrected chi connectivity index (χ0v) is 16.7. The molecule has 4 aromatic rings. The largest absolute Gasteiger partial charge is 0.497 e. The van der Waals surface area contributed by atoms with Crippen LogP contribution in [0.4, 0.5) is 5.13 Å². The highest BCUT2D eigenvalue weighted by Gasteiger charge is 2.21. The second kappa shape index (κ2) is 8.67. The number of pyridine rings is 1. The van der Waals surface area contributed by atoms with Crippen molar-refractivity contribution >= 4 is 22.4 Å². The monoisotopic (exact) mass is 401 g/mol. The summed E-state index contributed by atoms with van der Waals surface area (Å²) in [5.74, 6) is 0.666. The van der Waals surface area contributed by atoms with Crippen LogP contribution in [-0.2, 0) is 6.54 Å². The van der Waals surface area contributed by atoms with Gasteiger partial charge in [0.15, 0.2) is 5.13 Å². The molecular formula is C23H19N3O2S. The summed E-state index contributed by atoms with van der Waals surface area (Å²) in [6.45, 7) is 0.435. The molecule has 0 aliphatic heterocycles. The number of carbonyl (C=O) groups is 1. The minimum absolute atomic E-state index is 0.127. The van der Waals surface area contributed by atoms with Crippen LogP contribution in [0.25, 0.3) is 11.3 Å². The number of anilines is 1. The van der Waals surface area contributed by atoms with Crippen molar-refractivity contribution in [2.75, 3.05) is 12.0 Å². The van der Waals surface area contributed by atoms with Crippen molar-refractivity contribution < 1.29 is 9.53 Å². The molecule has 4 rings (SSSR count). The van der Waals surface area contributed by atoms with Gasteiger partial charge >= 0.3 is 0 Å². The fourth-order valence-corrected chi connectivity index (χ4v) is 3.75. The maximum absolute atomic E-state index is 13.2. The molecule has 0 radical (unpaired) electrons. The number of carbonyl (C=O) groups excluding carboxylic acids is 1. The maximum atomic E-state index is 13.2. The van der Waals surface area contributed by atoms with Crippen molar-refractivity contribution in [1.82, 2.24) is 9.97 Å². The van der Waals surface area contributed by atoms with Crippen LogP contribution in [0.3, 0.4) is 0 Å². The molecule has 0 N–H and O–H groups in total. The van der Waals surface area contributed by atoms with Gasteiger partial charge in [0, 0.05) is 23.3 Å².